The van der Waals surface area contributed by atoms with E-state index in [0.717, 1.165) is 0 Å². The Morgan fingerprint density at radius 1 is 0.613 bits per heavy atom. The SMILES string of the molecule is CC(C)(C)OC(=O)N(CC(=O)O)CC(=O)OC(=O)CN(CC(=O)O)C(=O)OC(C)(C)C. The second-order valence-electron chi connectivity index (χ2n) is 8.31. The van der Waals surface area contributed by atoms with Crippen molar-refractivity contribution in [3.63, 3.8) is 0 Å². The van der Waals surface area contributed by atoms with E-state index in [1.807, 2.05) is 0 Å². The molecule has 0 spiro atoms. The van der Waals surface area contributed by atoms with Crippen molar-refractivity contribution in [2.75, 3.05) is 26.2 Å². The molecule has 2 amide bonds. The Morgan fingerprint density at radius 2 is 0.903 bits per heavy atom. The normalized spacial score (nSPS) is 11.2. The van der Waals surface area contributed by atoms with E-state index in [2.05, 4.69) is 4.74 Å². The molecule has 0 aromatic rings. The molecule has 176 valence electrons. The van der Waals surface area contributed by atoms with Gasteiger partial charge in [-0.05, 0) is 41.5 Å². The summed E-state index contributed by atoms with van der Waals surface area (Å²) in [6.45, 7) is 5.50. The lowest BCUT2D eigenvalue weighted by atomic mass is 10.2. The summed E-state index contributed by atoms with van der Waals surface area (Å²) in [5.41, 5.74) is -1.95. The number of ether oxygens (including phenoxy) is 3. The first-order valence-electron chi connectivity index (χ1n) is 9.02. The molecule has 0 saturated heterocycles. The highest BCUT2D eigenvalue weighted by Gasteiger charge is 2.29. The molecule has 0 atom stereocenters. The van der Waals surface area contributed by atoms with Crippen molar-refractivity contribution >= 4 is 36.1 Å². The van der Waals surface area contributed by atoms with Gasteiger partial charge >= 0.3 is 36.1 Å². The highest BCUT2D eigenvalue weighted by Crippen LogP contribution is 2.11. The van der Waals surface area contributed by atoms with Crippen LogP contribution in [-0.4, -0.2) is 93.5 Å². The lowest BCUT2D eigenvalue weighted by molar-refractivity contribution is -0.161. The van der Waals surface area contributed by atoms with Crippen LogP contribution in [0.15, 0.2) is 0 Å². The van der Waals surface area contributed by atoms with Gasteiger partial charge in [0.2, 0.25) is 0 Å². The molecule has 31 heavy (non-hydrogen) atoms. The van der Waals surface area contributed by atoms with E-state index >= 15 is 0 Å². The Bertz CT molecular complexity index is 659. The largest absolute Gasteiger partial charge is 0.480 e. The number of aliphatic carboxylic acids is 2. The predicted molar refractivity (Wildman–Crippen MR) is 102 cm³/mol. The van der Waals surface area contributed by atoms with Gasteiger partial charge in [0.05, 0.1) is 0 Å². The molecule has 0 aliphatic carbocycles. The van der Waals surface area contributed by atoms with Gasteiger partial charge in [-0.25, -0.2) is 19.2 Å². The molecule has 0 aliphatic rings. The van der Waals surface area contributed by atoms with Crippen LogP contribution in [0, 0.1) is 0 Å². The van der Waals surface area contributed by atoms with Crippen LogP contribution in [0.1, 0.15) is 41.5 Å². The third-order valence-electron chi connectivity index (χ3n) is 2.82. The fourth-order valence-electron chi connectivity index (χ4n) is 1.85. The molecule has 0 bridgehead atoms. The Kier molecular flexibility index (Phi) is 9.92. The van der Waals surface area contributed by atoms with Gasteiger partial charge in [-0.1, -0.05) is 0 Å². The van der Waals surface area contributed by atoms with E-state index in [0.29, 0.717) is 9.80 Å². The third kappa shape index (κ3) is 13.5. The second-order valence-corrected chi connectivity index (χ2v) is 8.31. The van der Waals surface area contributed by atoms with E-state index in [1.54, 1.807) is 0 Å². The van der Waals surface area contributed by atoms with Gasteiger partial charge in [-0.15, -0.1) is 0 Å². The summed E-state index contributed by atoms with van der Waals surface area (Å²) in [5.74, 6) is -5.50. The molecule has 0 unspecified atom stereocenters. The van der Waals surface area contributed by atoms with Crippen LogP contribution in [0.2, 0.25) is 0 Å². The topological polar surface area (TPSA) is 177 Å². The van der Waals surface area contributed by atoms with Crippen LogP contribution < -0.4 is 0 Å². The van der Waals surface area contributed by atoms with Gasteiger partial charge < -0.3 is 24.4 Å². The minimum absolute atomic E-state index is 0.506. The second kappa shape index (κ2) is 11.1. The number of carboxylic acid groups (broad SMARTS) is 2. The zero-order valence-corrected chi connectivity index (χ0v) is 18.3. The minimum atomic E-state index is -1.44. The summed E-state index contributed by atoms with van der Waals surface area (Å²) in [6.07, 6.45) is -2.25. The van der Waals surface area contributed by atoms with E-state index in [4.69, 9.17) is 19.7 Å². The lowest BCUT2D eigenvalue weighted by Gasteiger charge is -2.26. The van der Waals surface area contributed by atoms with Gasteiger partial charge in [0, 0.05) is 0 Å². The maximum Gasteiger partial charge on any atom is 0.411 e. The molecule has 0 fully saturated rings. The average Bonchev–Trinajstić information content (AvgIpc) is 2.49. The van der Waals surface area contributed by atoms with Gasteiger partial charge in [-0.2, -0.15) is 0 Å². The smallest absolute Gasteiger partial charge is 0.411 e. The zero-order valence-electron chi connectivity index (χ0n) is 18.3. The standard InChI is InChI=1S/C18H28N2O11/c1-17(2,3)30-15(27)19(7-11(21)22)9-13(25)29-14(26)10-20(8-12(23)24)16(28)31-18(4,5)6/h7-10H2,1-6H3,(H,21,22)(H,23,24). The van der Waals surface area contributed by atoms with Crippen molar-refractivity contribution in [2.24, 2.45) is 0 Å². The number of nitrogens with zero attached hydrogens (tertiary/aromatic N) is 2. The molecule has 0 aliphatic heterocycles. The van der Waals surface area contributed by atoms with E-state index < -0.39 is 73.4 Å². The molecule has 0 saturated carbocycles. The summed E-state index contributed by atoms with van der Waals surface area (Å²) < 4.78 is 14.5. The van der Waals surface area contributed by atoms with Gasteiger partial charge in [0.1, 0.15) is 37.4 Å². The molecule has 0 heterocycles. The highest BCUT2D eigenvalue weighted by molar-refractivity contribution is 5.91. The molecular weight excluding hydrogens is 420 g/mol. The Balaban J connectivity index is 5.12. The fourth-order valence-corrected chi connectivity index (χ4v) is 1.85. The number of hydrogen-bond donors (Lipinski definition) is 2. The van der Waals surface area contributed by atoms with Crippen LogP contribution in [-0.2, 0) is 33.4 Å². The van der Waals surface area contributed by atoms with Crippen molar-refractivity contribution in [1.82, 2.24) is 9.80 Å². The number of hydrogen-bond acceptors (Lipinski definition) is 9. The Hall–Kier alpha value is -3.38. The summed E-state index contributed by atoms with van der Waals surface area (Å²) in [5, 5.41) is 17.8. The maximum atomic E-state index is 12.0. The quantitative estimate of drug-likeness (QED) is 0.303. The van der Waals surface area contributed by atoms with Crippen molar-refractivity contribution < 1.29 is 53.2 Å². The number of rotatable bonds is 8. The monoisotopic (exact) mass is 448 g/mol. The van der Waals surface area contributed by atoms with Crippen molar-refractivity contribution in [2.45, 2.75) is 52.7 Å². The summed E-state index contributed by atoms with van der Waals surface area (Å²) in [6, 6.07) is 0. The van der Waals surface area contributed by atoms with E-state index in [1.165, 1.54) is 41.5 Å². The molecule has 13 nitrogen and oxygen atoms in total. The zero-order chi connectivity index (χ0) is 24.6. The molecule has 13 heteroatoms. The summed E-state index contributed by atoms with van der Waals surface area (Å²) in [7, 11) is 0. The van der Waals surface area contributed by atoms with Crippen molar-refractivity contribution in [3.8, 4) is 0 Å². The van der Waals surface area contributed by atoms with Crippen molar-refractivity contribution in [3.05, 3.63) is 0 Å². The fraction of sp³-hybridized carbons (Fsp3) is 0.667. The van der Waals surface area contributed by atoms with Gasteiger partial charge in [-0.3, -0.25) is 19.4 Å². The van der Waals surface area contributed by atoms with E-state index in [-0.39, 0.29) is 0 Å². The van der Waals surface area contributed by atoms with Gasteiger partial charge in [0.15, 0.2) is 0 Å². The van der Waals surface area contributed by atoms with Crippen LogP contribution >= 0.6 is 0 Å². The summed E-state index contributed by atoms with van der Waals surface area (Å²) in [4.78, 5) is 71.0. The maximum absolute atomic E-state index is 12.0. The molecule has 0 aromatic heterocycles. The van der Waals surface area contributed by atoms with Crippen molar-refractivity contribution in [1.29, 1.82) is 0 Å². The third-order valence-corrected chi connectivity index (χ3v) is 2.82. The summed E-state index contributed by atoms with van der Waals surface area (Å²) >= 11 is 0. The van der Waals surface area contributed by atoms with Crippen LogP contribution in [0.5, 0.6) is 0 Å². The number of amides is 2. The Morgan fingerprint density at radius 3 is 1.13 bits per heavy atom. The molecule has 0 rings (SSSR count). The van der Waals surface area contributed by atoms with Crippen LogP contribution in [0.3, 0.4) is 0 Å². The number of carbonyl (C=O) groups excluding carboxylic acids is 4. The van der Waals surface area contributed by atoms with Crippen LogP contribution in [0.25, 0.3) is 0 Å². The first-order chi connectivity index (χ1) is 13.9. The highest BCUT2D eigenvalue weighted by atomic mass is 16.6. The first kappa shape index (κ1) is 27.6. The number of esters is 2. The Labute approximate surface area is 178 Å². The number of carbonyl (C=O) groups is 6. The number of carboxylic acids is 2. The lowest BCUT2D eigenvalue weighted by Crippen LogP contribution is -2.45. The van der Waals surface area contributed by atoms with Gasteiger partial charge in [0.25, 0.3) is 0 Å². The minimum Gasteiger partial charge on any atom is -0.480 e. The molecular formula is C18H28N2O11. The first-order valence-corrected chi connectivity index (χ1v) is 9.02. The van der Waals surface area contributed by atoms with E-state index in [9.17, 15) is 28.8 Å². The average molecular weight is 448 g/mol. The van der Waals surface area contributed by atoms with Crippen LogP contribution in [0.4, 0.5) is 9.59 Å². The molecule has 0 radical (unpaired) electrons. The molecule has 2 N–H and O–H groups in total. The molecule has 0 aromatic carbocycles. The predicted octanol–water partition coefficient (Wildman–Crippen LogP) is 0.700.